The Kier molecular flexibility index (Phi) is 5.42. The molecule has 0 radical (unpaired) electrons. The van der Waals surface area contributed by atoms with Gasteiger partial charge in [-0.2, -0.15) is 0 Å². The van der Waals surface area contributed by atoms with Crippen LogP contribution in [0.25, 0.3) is 31.0 Å². The second kappa shape index (κ2) is 8.52. The molecule has 32 heavy (non-hydrogen) atoms. The normalized spacial score (nSPS) is 11.2. The summed E-state index contributed by atoms with van der Waals surface area (Å²) in [6, 6.07) is 15.3. The highest BCUT2D eigenvalue weighted by Crippen LogP contribution is 2.32. The molecule has 160 valence electrons. The van der Waals surface area contributed by atoms with E-state index in [1.807, 2.05) is 53.9 Å². The topological polar surface area (TPSA) is 86.1 Å². The van der Waals surface area contributed by atoms with Gasteiger partial charge in [0.25, 0.3) is 5.56 Å². The average molecular weight is 463 g/mol. The van der Waals surface area contributed by atoms with Crippen molar-refractivity contribution in [3.63, 3.8) is 0 Å². The molecule has 0 saturated carbocycles. The van der Waals surface area contributed by atoms with Crippen LogP contribution in [0, 0.1) is 0 Å². The predicted octanol–water partition coefficient (Wildman–Crippen LogP) is 4.06. The van der Waals surface area contributed by atoms with E-state index in [1.165, 1.54) is 22.2 Å². The monoisotopic (exact) mass is 462 g/mol. The van der Waals surface area contributed by atoms with Gasteiger partial charge >= 0.3 is 0 Å². The van der Waals surface area contributed by atoms with Crippen LogP contribution in [-0.2, 0) is 17.9 Å². The molecular formula is C23H18N4O3S2. The van der Waals surface area contributed by atoms with Crippen molar-refractivity contribution >= 4 is 49.0 Å². The fourth-order valence-electron chi connectivity index (χ4n) is 3.38. The van der Waals surface area contributed by atoms with Crippen LogP contribution in [0.2, 0.25) is 0 Å². The number of carbonyl (C=O) groups excluding carboxylic acids is 1. The predicted molar refractivity (Wildman–Crippen MR) is 127 cm³/mol. The standard InChI is InChI=1S/C23H18N4O3S2/c1-30-15-6-4-14(5-7-15)11-24-19(28)12-27-13-25-20-16-8-9-17(18-3-2-10-31-18)26-22(16)32-21(20)23(27)29/h2-10,13H,11-12H2,1H3,(H,24,28). The lowest BCUT2D eigenvalue weighted by Crippen LogP contribution is -2.31. The van der Waals surface area contributed by atoms with Crippen LogP contribution < -0.4 is 15.6 Å². The lowest BCUT2D eigenvalue weighted by atomic mass is 10.2. The Bertz CT molecular complexity index is 1470. The Morgan fingerprint density at radius 3 is 2.75 bits per heavy atom. The van der Waals surface area contributed by atoms with Gasteiger partial charge in [0.05, 0.1) is 29.5 Å². The summed E-state index contributed by atoms with van der Waals surface area (Å²) in [4.78, 5) is 36.4. The number of methoxy groups -OCH3 is 1. The molecule has 0 saturated heterocycles. The van der Waals surface area contributed by atoms with Crippen LogP contribution >= 0.6 is 22.7 Å². The summed E-state index contributed by atoms with van der Waals surface area (Å²) >= 11 is 2.93. The molecule has 1 amide bonds. The summed E-state index contributed by atoms with van der Waals surface area (Å²) in [5, 5.41) is 5.69. The van der Waals surface area contributed by atoms with Gasteiger partial charge in [-0.15, -0.1) is 22.7 Å². The quantitative estimate of drug-likeness (QED) is 0.411. The number of hydrogen-bond donors (Lipinski definition) is 1. The minimum Gasteiger partial charge on any atom is -0.497 e. The second-order valence-electron chi connectivity index (χ2n) is 7.11. The molecule has 0 unspecified atom stereocenters. The highest BCUT2D eigenvalue weighted by atomic mass is 32.1. The Balaban J connectivity index is 1.37. The number of benzene rings is 1. The molecule has 7 nitrogen and oxygen atoms in total. The van der Waals surface area contributed by atoms with E-state index in [-0.39, 0.29) is 18.0 Å². The van der Waals surface area contributed by atoms with Crippen molar-refractivity contribution in [2.24, 2.45) is 0 Å². The van der Waals surface area contributed by atoms with E-state index in [4.69, 9.17) is 9.72 Å². The van der Waals surface area contributed by atoms with Gasteiger partial charge in [0.1, 0.15) is 21.8 Å². The second-order valence-corrected chi connectivity index (χ2v) is 9.06. The fraction of sp³-hybridized carbons (Fsp3) is 0.130. The summed E-state index contributed by atoms with van der Waals surface area (Å²) in [6.07, 6.45) is 1.43. The van der Waals surface area contributed by atoms with Crippen molar-refractivity contribution in [1.82, 2.24) is 19.9 Å². The Morgan fingerprint density at radius 1 is 1.16 bits per heavy atom. The van der Waals surface area contributed by atoms with E-state index in [2.05, 4.69) is 10.3 Å². The smallest absolute Gasteiger partial charge is 0.271 e. The van der Waals surface area contributed by atoms with Gasteiger partial charge in [-0.05, 0) is 41.3 Å². The molecule has 0 atom stereocenters. The third-order valence-electron chi connectivity index (χ3n) is 5.05. The van der Waals surface area contributed by atoms with Crippen LogP contribution in [0.4, 0.5) is 0 Å². The van der Waals surface area contributed by atoms with Gasteiger partial charge in [-0.25, -0.2) is 9.97 Å². The number of nitrogens with one attached hydrogen (secondary N) is 1. The summed E-state index contributed by atoms with van der Waals surface area (Å²) in [5.41, 5.74) is 2.19. The molecule has 0 aliphatic heterocycles. The number of carbonyl (C=O) groups is 1. The van der Waals surface area contributed by atoms with Crippen LogP contribution in [0.15, 0.2) is 65.0 Å². The summed E-state index contributed by atoms with van der Waals surface area (Å²) in [6.45, 7) is 0.269. The van der Waals surface area contributed by atoms with Gasteiger partial charge in [-0.1, -0.05) is 18.2 Å². The molecule has 0 fully saturated rings. The van der Waals surface area contributed by atoms with E-state index in [0.717, 1.165) is 32.1 Å². The first kappa shape index (κ1) is 20.3. The van der Waals surface area contributed by atoms with E-state index in [1.54, 1.807) is 18.4 Å². The molecule has 4 aromatic heterocycles. The number of ether oxygens (including phenoxy) is 1. The molecule has 1 aromatic carbocycles. The van der Waals surface area contributed by atoms with Gasteiger partial charge in [-0.3, -0.25) is 14.2 Å². The molecule has 1 N–H and O–H groups in total. The van der Waals surface area contributed by atoms with Crippen molar-refractivity contribution in [2.75, 3.05) is 7.11 Å². The number of thiophene rings is 2. The van der Waals surface area contributed by atoms with Crippen LogP contribution in [-0.4, -0.2) is 27.6 Å². The minimum absolute atomic E-state index is 0.0972. The van der Waals surface area contributed by atoms with E-state index in [9.17, 15) is 9.59 Å². The van der Waals surface area contributed by atoms with E-state index >= 15 is 0 Å². The first-order valence-corrected chi connectivity index (χ1v) is 11.5. The maximum Gasteiger partial charge on any atom is 0.271 e. The lowest BCUT2D eigenvalue weighted by molar-refractivity contribution is -0.121. The number of nitrogens with zero attached hydrogens (tertiary/aromatic N) is 3. The Morgan fingerprint density at radius 2 is 2.00 bits per heavy atom. The van der Waals surface area contributed by atoms with Crippen molar-refractivity contribution in [3.8, 4) is 16.3 Å². The third kappa shape index (κ3) is 3.88. The molecule has 0 bridgehead atoms. The van der Waals surface area contributed by atoms with Gasteiger partial charge in [0.15, 0.2) is 0 Å². The highest BCUT2D eigenvalue weighted by molar-refractivity contribution is 7.25. The summed E-state index contributed by atoms with van der Waals surface area (Å²) in [5.74, 6) is 0.495. The zero-order chi connectivity index (χ0) is 22.1. The molecule has 0 aliphatic carbocycles. The van der Waals surface area contributed by atoms with Crippen LogP contribution in [0.3, 0.4) is 0 Å². The van der Waals surface area contributed by atoms with Crippen molar-refractivity contribution in [2.45, 2.75) is 13.1 Å². The molecule has 0 spiro atoms. The van der Waals surface area contributed by atoms with Gasteiger partial charge in [0, 0.05) is 11.9 Å². The fourth-order valence-corrected chi connectivity index (χ4v) is 5.15. The first-order valence-electron chi connectivity index (χ1n) is 9.84. The molecule has 5 rings (SSSR count). The van der Waals surface area contributed by atoms with E-state index in [0.29, 0.717) is 16.8 Å². The molecule has 0 aliphatic rings. The largest absolute Gasteiger partial charge is 0.497 e. The maximum atomic E-state index is 13.0. The molecule has 4 heterocycles. The van der Waals surface area contributed by atoms with Crippen LogP contribution in [0.5, 0.6) is 5.75 Å². The zero-order valence-electron chi connectivity index (χ0n) is 17.1. The number of fused-ring (bicyclic) bond motifs is 3. The Hall–Kier alpha value is -3.56. The first-order chi connectivity index (χ1) is 15.6. The van der Waals surface area contributed by atoms with Gasteiger partial charge < -0.3 is 10.1 Å². The number of pyridine rings is 1. The van der Waals surface area contributed by atoms with Gasteiger partial charge in [0.2, 0.25) is 5.91 Å². The SMILES string of the molecule is COc1ccc(CNC(=O)Cn2cnc3c(sc4nc(-c5cccs5)ccc43)c2=O)cc1. The molecule has 5 aromatic rings. The third-order valence-corrected chi connectivity index (χ3v) is 7.02. The maximum absolute atomic E-state index is 13.0. The zero-order valence-corrected chi connectivity index (χ0v) is 18.7. The number of amides is 1. The Labute approximate surface area is 191 Å². The molecular weight excluding hydrogens is 444 g/mol. The highest BCUT2D eigenvalue weighted by Gasteiger charge is 2.15. The number of hydrogen-bond acceptors (Lipinski definition) is 7. The van der Waals surface area contributed by atoms with E-state index < -0.39 is 0 Å². The lowest BCUT2D eigenvalue weighted by Gasteiger charge is -2.08. The van der Waals surface area contributed by atoms with Crippen molar-refractivity contribution in [3.05, 3.63) is 76.2 Å². The van der Waals surface area contributed by atoms with Crippen molar-refractivity contribution < 1.29 is 9.53 Å². The summed E-state index contributed by atoms with van der Waals surface area (Å²) in [7, 11) is 1.61. The number of rotatable bonds is 6. The van der Waals surface area contributed by atoms with Crippen molar-refractivity contribution in [1.29, 1.82) is 0 Å². The number of aromatic nitrogens is 3. The average Bonchev–Trinajstić information content (AvgIpc) is 3.48. The minimum atomic E-state index is -0.261. The molecule has 9 heteroatoms. The van der Waals surface area contributed by atoms with Crippen LogP contribution in [0.1, 0.15) is 5.56 Å². The summed E-state index contributed by atoms with van der Waals surface area (Å²) < 4.78 is 6.97.